The lowest BCUT2D eigenvalue weighted by Gasteiger charge is -2.03. The molecule has 1 N–H and O–H groups in total. The molecule has 0 atom stereocenters. The van der Waals surface area contributed by atoms with Crippen molar-refractivity contribution in [2.75, 3.05) is 24.8 Å². The quantitative estimate of drug-likeness (QED) is 0.406. The summed E-state index contributed by atoms with van der Waals surface area (Å²) in [4.78, 5) is 9.63. The van der Waals surface area contributed by atoms with E-state index in [1.165, 1.54) is 11.8 Å². The summed E-state index contributed by atoms with van der Waals surface area (Å²) >= 11 is 3.05. The summed E-state index contributed by atoms with van der Waals surface area (Å²) in [5.74, 6) is 0.954. The molecule has 12 heavy (non-hydrogen) atoms. The van der Waals surface area contributed by atoms with E-state index in [2.05, 4.69) is 5.32 Å². The number of nitrogens with zero attached hydrogens (tertiary/aromatic N) is 1. The zero-order valence-corrected chi connectivity index (χ0v) is 8.70. The fourth-order valence-corrected chi connectivity index (χ4v) is 1.29. The van der Waals surface area contributed by atoms with Crippen molar-refractivity contribution >= 4 is 23.5 Å². The SMILES string of the molecule is CSCCN/C(=C/[N+](=O)[O-])SC. The van der Waals surface area contributed by atoms with Crippen LogP contribution in [-0.2, 0) is 0 Å². The predicted octanol–water partition coefficient (Wildman–Crippen LogP) is 1.38. The van der Waals surface area contributed by atoms with Crippen molar-refractivity contribution in [3.63, 3.8) is 0 Å². The summed E-state index contributed by atoms with van der Waals surface area (Å²) in [5, 5.41) is 13.6. The molecule has 0 aromatic rings. The van der Waals surface area contributed by atoms with E-state index in [-0.39, 0.29) is 0 Å². The molecule has 0 saturated carbocycles. The Hall–Kier alpha value is -0.360. The summed E-state index contributed by atoms with van der Waals surface area (Å²) in [6.07, 6.45) is 4.80. The van der Waals surface area contributed by atoms with Crippen LogP contribution in [0.2, 0.25) is 0 Å². The molecule has 0 radical (unpaired) electrons. The smallest absolute Gasteiger partial charge is 0.263 e. The van der Waals surface area contributed by atoms with E-state index in [4.69, 9.17) is 0 Å². The van der Waals surface area contributed by atoms with Gasteiger partial charge in [0.1, 0.15) is 5.03 Å². The Morgan fingerprint density at radius 3 is 2.75 bits per heavy atom. The lowest BCUT2D eigenvalue weighted by Crippen LogP contribution is -2.15. The highest BCUT2D eigenvalue weighted by molar-refractivity contribution is 8.02. The minimum absolute atomic E-state index is 0.447. The van der Waals surface area contributed by atoms with E-state index in [1.54, 1.807) is 18.0 Å². The number of nitrogens with one attached hydrogen (secondary N) is 1. The van der Waals surface area contributed by atoms with Crippen LogP contribution in [-0.4, -0.2) is 29.7 Å². The molecule has 0 aliphatic carbocycles. The Bertz CT molecular complexity index is 173. The van der Waals surface area contributed by atoms with Gasteiger partial charge in [-0.25, -0.2) is 0 Å². The molecule has 0 rings (SSSR count). The molecule has 0 bridgehead atoms. The highest BCUT2D eigenvalue weighted by Gasteiger charge is 1.98. The third-order valence-electron chi connectivity index (χ3n) is 1.05. The van der Waals surface area contributed by atoms with Gasteiger partial charge in [0.05, 0.1) is 4.92 Å². The zero-order chi connectivity index (χ0) is 9.40. The first kappa shape index (κ1) is 11.6. The van der Waals surface area contributed by atoms with Crippen LogP contribution in [0, 0.1) is 10.1 Å². The number of hydrogen-bond acceptors (Lipinski definition) is 5. The summed E-state index contributed by atoms with van der Waals surface area (Å²) in [5.41, 5.74) is 0. The summed E-state index contributed by atoms with van der Waals surface area (Å²) in [6.45, 7) is 0.766. The number of thioether (sulfide) groups is 2. The monoisotopic (exact) mass is 208 g/mol. The second-order valence-corrected chi connectivity index (χ2v) is 3.74. The van der Waals surface area contributed by atoms with Gasteiger partial charge in [-0.3, -0.25) is 10.1 Å². The Morgan fingerprint density at radius 1 is 1.67 bits per heavy atom. The largest absolute Gasteiger partial charge is 0.374 e. The van der Waals surface area contributed by atoms with Crippen molar-refractivity contribution in [3.05, 3.63) is 21.3 Å². The van der Waals surface area contributed by atoms with Crippen molar-refractivity contribution in [1.82, 2.24) is 5.32 Å². The zero-order valence-electron chi connectivity index (χ0n) is 7.07. The van der Waals surface area contributed by atoms with Crippen LogP contribution in [0.5, 0.6) is 0 Å². The van der Waals surface area contributed by atoms with E-state index in [0.717, 1.165) is 18.5 Å². The van der Waals surface area contributed by atoms with Gasteiger partial charge in [0, 0.05) is 12.3 Å². The van der Waals surface area contributed by atoms with Gasteiger partial charge in [-0.15, -0.1) is 11.8 Å². The number of nitro groups is 1. The molecule has 0 aliphatic rings. The highest BCUT2D eigenvalue weighted by Crippen LogP contribution is 2.06. The maximum atomic E-state index is 10.1. The summed E-state index contributed by atoms with van der Waals surface area (Å²) in [6, 6.07) is 0. The lowest BCUT2D eigenvalue weighted by molar-refractivity contribution is -0.403. The molecule has 0 spiro atoms. The molecule has 4 nitrogen and oxygen atoms in total. The second-order valence-electron chi connectivity index (χ2n) is 1.90. The normalized spacial score (nSPS) is 11.3. The van der Waals surface area contributed by atoms with Gasteiger partial charge in [-0.2, -0.15) is 11.8 Å². The molecular weight excluding hydrogens is 196 g/mol. The van der Waals surface area contributed by atoms with Gasteiger partial charge in [-0.1, -0.05) is 0 Å². The Kier molecular flexibility index (Phi) is 7.08. The Morgan fingerprint density at radius 2 is 2.33 bits per heavy atom. The highest BCUT2D eigenvalue weighted by atomic mass is 32.2. The predicted molar refractivity (Wildman–Crippen MR) is 55.0 cm³/mol. The van der Waals surface area contributed by atoms with E-state index in [0.29, 0.717) is 5.03 Å². The van der Waals surface area contributed by atoms with Crippen molar-refractivity contribution in [3.8, 4) is 0 Å². The maximum Gasteiger partial charge on any atom is 0.263 e. The lowest BCUT2D eigenvalue weighted by atomic mass is 10.7. The summed E-state index contributed by atoms with van der Waals surface area (Å²) < 4.78 is 0. The van der Waals surface area contributed by atoms with Crippen LogP contribution in [0.3, 0.4) is 0 Å². The van der Waals surface area contributed by atoms with Gasteiger partial charge >= 0.3 is 0 Å². The minimum Gasteiger partial charge on any atom is -0.374 e. The molecule has 70 valence electrons. The molecule has 0 aliphatic heterocycles. The molecule has 0 fully saturated rings. The number of rotatable bonds is 6. The van der Waals surface area contributed by atoms with Crippen LogP contribution >= 0.6 is 23.5 Å². The standard InChI is InChI=1S/C6H12N2O2S2/c1-11-4-3-7-6(12-2)5-8(9)10/h5,7H,3-4H2,1-2H3/b6-5-. The molecule has 0 unspecified atom stereocenters. The average Bonchev–Trinajstić information content (AvgIpc) is 2.02. The molecule has 0 heterocycles. The molecule has 0 aromatic heterocycles. The van der Waals surface area contributed by atoms with Crippen LogP contribution in [0.4, 0.5) is 0 Å². The van der Waals surface area contributed by atoms with Crippen molar-refractivity contribution in [2.24, 2.45) is 0 Å². The fraction of sp³-hybridized carbons (Fsp3) is 0.667. The summed E-state index contributed by atoms with van der Waals surface area (Å²) in [7, 11) is 0. The van der Waals surface area contributed by atoms with Gasteiger partial charge in [0.15, 0.2) is 0 Å². The molecule has 0 saturated heterocycles. The van der Waals surface area contributed by atoms with E-state index in [9.17, 15) is 10.1 Å². The first-order valence-corrected chi connectivity index (χ1v) is 5.94. The third-order valence-corrected chi connectivity index (χ3v) is 2.35. The van der Waals surface area contributed by atoms with Crippen LogP contribution in [0.1, 0.15) is 0 Å². The Balaban J connectivity index is 3.75. The Labute approximate surface area is 80.3 Å². The van der Waals surface area contributed by atoms with Gasteiger partial charge in [0.25, 0.3) is 6.20 Å². The van der Waals surface area contributed by atoms with Crippen molar-refractivity contribution < 1.29 is 4.92 Å². The first-order chi connectivity index (χ1) is 5.70. The van der Waals surface area contributed by atoms with Crippen LogP contribution in [0.25, 0.3) is 0 Å². The van der Waals surface area contributed by atoms with Gasteiger partial charge in [0.2, 0.25) is 0 Å². The number of hydrogen-bond donors (Lipinski definition) is 1. The molecule has 0 aromatic carbocycles. The van der Waals surface area contributed by atoms with Crippen molar-refractivity contribution in [1.29, 1.82) is 0 Å². The first-order valence-electron chi connectivity index (χ1n) is 3.32. The topological polar surface area (TPSA) is 55.2 Å². The van der Waals surface area contributed by atoms with E-state index in [1.807, 2.05) is 6.26 Å². The second kappa shape index (κ2) is 7.30. The van der Waals surface area contributed by atoms with Crippen LogP contribution < -0.4 is 5.32 Å². The maximum absolute atomic E-state index is 10.1. The van der Waals surface area contributed by atoms with Crippen molar-refractivity contribution in [2.45, 2.75) is 0 Å². The van der Waals surface area contributed by atoms with E-state index >= 15 is 0 Å². The fourth-order valence-electron chi connectivity index (χ4n) is 0.543. The third kappa shape index (κ3) is 6.36. The average molecular weight is 208 g/mol. The minimum atomic E-state index is -0.447. The molecule has 6 heteroatoms. The van der Waals surface area contributed by atoms with Crippen LogP contribution in [0.15, 0.2) is 11.2 Å². The molecular formula is C6H12N2O2S2. The molecule has 0 amide bonds. The van der Waals surface area contributed by atoms with Gasteiger partial charge < -0.3 is 5.32 Å². The van der Waals surface area contributed by atoms with Gasteiger partial charge in [-0.05, 0) is 12.5 Å². The van der Waals surface area contributed by atoms with E-state index < -0.39 is 4.92 Å².